The number of amides is 1. The van der Waals surface area contributed by atoms with E-state index in [0.29, 0.717) is 6.04 Å². The molecule has 0 bridgehead atoms. The summed E-state index contributed by atoms with van der Waals surface area (Å²) in [6.45, 7) is 4.70. The average molecular weight is 348 g/mol. The van der Waals surface area contributed by atoms with Crippen LogP contribution in [0.3, 0.4) is 0 Å². The lowest BCUT2D eigenvalue weighted by atomic mass is 10.1. The molecule has 0 radical (unpaired) electrons. The quantitative estimate of drug-likeness (QED) is 0.842. The van der Waals surface area contributed by atoms with Gasteiger partial charge in [-0.3, -0.25) is 9.69 Å². The summed E-state index contributed by atoms with van der Waals surface area (Å²) >= 11 is 0. The third-order valence-corrected chi connectivity index (χ3v) is 5.13. The lowest BCUT2D eigenvalue weighted by Gasteiger charge is -2.35. The number of fused-ring (bicyclic) bond motifs is 1. The first-order valence-corrected chi connectivity index (χ1v) is 9.36. The third kappa shape index (κ3) is 3.66. The van der Waals surface area contributed by atoms with Gasteiger partial charge in [0, 0.05) is 50.6 Å². The lowest BCUT2D eigenvalue weighted by molar-refractivity contribution is 0.0952. The molecule has 5 heteroatoms. The minimum atomic E-state index is 0.0139. The zero-order valence-electron chi connectivity index (χ0n) is 14.9. The van der Waals surface area contributed by atoms with Gasteiger partial charge in [0.05, 0.1) is 11.1 Å². The molecule has 4 rings (SSSR count). The Balaban J connectivity index is 1.57. The largest absolute Gasteiger partial charge is 0.354 e. The molecule has 1 aliphatic heterocycles. The van der Waals surface area contributed by atoms with Crippen LogP contribution in [0.1, 0.15) is 29.6 Å². The van der Waals surface area contributed by atoms with E-state index in [9.17, 15) is 4.79 Å². The van der Waals surface area contributed by atoms with Crippen LogP contribution in [0.4, 0.5) is 5.82 Å². The fraction of sp³-hybridized carbons (Fsp3) is 0.429. The molecule has 2 fully saturated rings. The molecule has 2 heterocycles. The molecule has 1 aromatic carbocycles. The topological polar surface area (TPSA) is 48.5 Å². The number of carbonyl (C=O) groups is 1. The second-order valence-electron chi connectivity index (χ2n) is 7.08. The highest BCUT2D eigenvalue weighted by atomic mass is 16.1. The fourth-order valence-corrected chi connectivity index (χ4v) is 3.43. The van der Waals surface area contributed by atoms with Crippen LogP contribution >= 0.6 is 0 Å². The fourth-order valence-electron chi connectivity index (χ4n) is 3.43. The normalized spacial score (nSPS) is 17.9. The maximum atomic E-state index is 12.7. The third-order valence-electron chi connectivity index (χ3n) is 5.13. The van der Waals surface area contributed by atoms with Crippen LogP contribution in [0, 0.1) is 12.3 Å². The van der Waals surface area contributed by atoms with Crippen molar-refractivity contribution in [3.8, 4) is 12.3 Å². The number of pyridine rings is 1. The minimum absolute atomic E-state index is 0.0139. The Morgan fingerprint density at radius 1 is 1.23 bits per heavy atom. The number of nitrogens with zero attached hydrogens (tertiary/aromatic N) is 3. The van der Waals surface area contributed by atoms with E-state index in [-0.39, 0.29) is 5.91 Å². The molecule has 1 N–H and O–H groups in total. The van der Waals surface area contributed by atoms with Crippen molar-refractivity contribution in [2.24, 2.45) is 0 Å². The summed E-state index contributed by atoms with van der Waals surface area (Å²) in [5.41, 5.74) is 1.60. The van der Waals surface area contributed by atoms with Gasteiger partial charge in [-0.25, -0.2) is 4.98 Å². The van der Waals surface area contributed by atoms with Crippen molar-refractivity contribution in [2.75, 3.05) is 37.6 Å². The van der Waals surface area contributed by atoms with Gasteiger partial charge < -0.3 is 10.2 Å². The Labute approximate surface area is 154 Å². The van der Waals surface area contributed by atoms with Gasteiger partial charge >= 0.3 is 0 Å². The highest BCUT2D eigenvalue weighted by Crippen LogP contribution is 2.26. The van der Waals surface area contributed by atoms with Gasteiger partial charge in [0.2, 0.25) is 0 Å². The Hall–Kier alpha value is -2.58. The summed E-state index contributed by atoms with van der Waals surface area (Å²) in [7, 11) is 0. The first-order valence-electron chi connectivity index (χ1n) is 9.36. The van der Waals surface area contributed by atoms with Crippen LogP contribution in [0.2, 0.25) is 0 Å². The second-order valence-corrected chi connectivity index (χ2v) is 7.08. The number of piperazine rings is 1. The molecule has 1 amide bonds. The van der Waals surface area contributed by atoms with E-state index in [0.717, 1.165) is 74.3 Å². The Morgan fingerprint density at radius 2 is 2.00 bits per heavy atom. The number of aromatic nitrogens is 1. The number of para-hydroxylation sites is 1. The van der Waals surface area contributed by atoms with Crippen molar-refractivity contribution in [3.63, 3.8) is 0 Å². The van der Waals surface area contributed by atoms with E-state index in [4.69, 9.17) is 11.4 Å². The SMILES string of the molecule is C#CCCN1CCN(c2cc(C(=O)NC3CC3)c3ccccc3n2)CC1. The van der Waals surface area contributed by atoms with E-state index >= 15 is 0 Å². The summed E-state index contributed by atoms with van der Waals surface area (Å²) in [5.74, 6) is 3.61. The molecule has 2 aromatic rings. The van der Waals surface area contributed by atoms with Gasteiger partial charge in [0.15, 0.2) is 0 Å². The lowest BCUT2D eigenvalue weighted by Crippen LogP contribution is -2.47. The maximum absolute atomic E-state index is 12.7. The molecule has 0 unspecified atom stereocenters. The minimum Gasteiger partial charge on any atom is -0.354 e. The number of carbonyl (C=O) groups excluding carboxylic acids is 1. The zero-order valence-corrected chi connectivity index (χ0v) is 14.9. The van der Waals surface area contributed by atoms with Crippen LogP contribution in [0.25, 0.3) is 10.9 Å². The number of rotatable bonds is 5. The summed E-state index contributed by atoms with van der Waals surface area (Å²) in [5, 5.41) is 4.03. The summed E-state index contributed by atoms with van der Waals surface area (Å²) in [4.78, 5) is 22.2. The number of anilines is 1. The van der Waals surface area contributed by atoms with Crippen molar-refractivity contribution in [1.29, 1.82) is 0 Å². The number of benzene rings is 1. The molecule has 0 atom stereocenters. The van der Waals surface area contributed by atoms with Crippen molar-refractivity contribution in [2.45, 2.75) is 25.3 Å². The van der Waals surface area contributed by atoms with E-state index in [2.05, 4.69) is 21.0 Å². The Bertz CT molecular complexity index is 845. The molecular formula is C21H24N4O. The number of nitrogens with one attached hydrogen (secondary N) is 1. The monoisotopic (exact) mass is 348 g/mol. The maximum Gasteiger partial charge on any atom is 0.252 e. The molecule has 26 heavy (non-hydrogen) atoms. The summed E-state index contributed by atoms with van der Waals surface area (Å²) in [6, 6.07) is 10.2. The van der Waals surface area contributed by atoms with E-state index < -0.39 is 0 Å². The molecule has 1 aromatic heterocycles. The van der Waals surface area contributed by atoms with Gasteiger partial charge in [-0.1, -0.05) is 18.2 Å². The number of hydrogen-bond donors (Lipinski definition) is 1. The van der Waals surface area contributed by atoms with Crippen molar-refractivity contribution < 1.29 is 4.79 Å². The van der Waals surface area contributed by atoms with E-state index in [1.807, 2.05) is 30.3 Å². The van der Waals surface area contributed by atoms with Gasteiger partial charge in [-0.05, 0) is 25.0 Å². The molecule has 0 spiro atoms. The van der Waals surface area contributed by atoms with Gasteiger partial charge in [0.25, 0.3) is 5.91 Å². The van der Waals surface area contributed by atoms with Crippen LogP contribution in [-0.2, 0) is 0 Å². The molecule has 1 saturated carbocycles. The first-order chi connectivity index (χ1) is 12.7. The Morgan fingerprint density at radius 3 is 2.73 bits per heavy atom. The molecule has 134 valence electrons. The van der Waals surface area contributed by atoms with Gasteiger partial charge in [0.1, 0.15) is 5.82 Å². The predicted octanol–water partition coefficient (Wildman–Crippen LogP) is 2.27. The molecule has 2 aliphatic rings. The molecule has 1 aliphatic carbocycles. The van der Waals surface area contributed by atoms with Crippen LogP contribution in [0.15, 0.2) is 30.3 Å². The van der Waals surface area contributed by atoms with Crippen molar-refractivity contribution in [3.05, 3.63) is 35.9 Å². The standard InChI is InChI=1S/C21H24N4O/c1-2-3-10-24-11-13-25(14-12-24)20-15-18(21(26)22-16-8-9-16)17-6-4-5-7-19(17)23-20/h1,4-7,15-16H,3,8-14H2,(H,22,26). The predicted molar refractivity (Wildman–Crippen MR) is 104 cm³/mol. The van der Waals surface area contributed by atoms with Crippen molar-refractivity contribution >= 4 is 22.6 Å². The molecule has 5 nitrogen and oxygen atoms in total. The zero-order chi connectivity index (χ0) is 17.9. The van der Waals surface area contributed by atoms with E-state index in [1.165, 1.54) is 0 Å². The van der Waals surface area contributed by atoms with Crippen LogP contribution < -0.4 is 10.2 Å². The Kier molecular flexibility index (Phi) is 4.77. The first kappa shape index (κ1) is 16.9. The van der Waals surface area contributed by atoms with Crippen LogP contribution in [-0.4, -0.2) is 54.6 Å². The molecular weight excluding hydrogens is 324 g/mol. The number of hydrogen-bond acceptors (Lipinski definition) is 4. The van der Waals surface area contributed by atoms with Crippen molar-refractivity contribution in [1.82, 2.24) is 15.2 Å². The van der Waals surface area contributed by atoms with Gasteiger partial charge in [-0.2, -0.15) is 0 Å². The average Bonchev–Trinajstić information content (AvgIpc) is 3.50. The highest BCUT2D eigenvalue weighted by Gasteiger charge is 2.26. The highest BCUT2D eigenvalue weighted by molar-refractivity contribution is 6.07. The second kappa shape index (κ2) is 7.35. The van der Waals surface area contributed by atoms with Gasteiger partial charge in [-0.15, -0.1) is 12.3 Å². The van der Waals surface area contributed by atoms with Crippen LogP contribution in [0.5, 0.6) is 0 Å². The number of terminal acetylenes is 1. The van der Waals surface area contributed by atoms with E-state index in [1.54, 1.807) is 0 Å². The smallest absolute Gasteiger partial charge is 0.252 e. The summed E-state index contributed by atoms with van der Waals surface area (Å²) in [6.07, 6.45) is 8.33. The summed E-state index contributed by atoms with van der Waals surface area (Å²) < 4.78 is 0. The molecule has 1 saturated heterocycles.